The quantitative estimate of drug-likeness (QED) is 0.472. The van der Waals surface area contributed by atoms with E-state index in [0.29, 0.717) is 6.04 Å². The molecule has 2 aliphatic heterocycles. The fourth-order valence-electron chi connectivity index (χ4n) is 5.97. The lowest BCUT2D eigenvalue weighted by Crippen LogP contribution is -2.51. The summed E-state index contributed by atoms with van der Waals surface area (Å²) in [6.45, 7) is 3.18. The highest BCUT2D eigenvalue weighted by atomic mass is 19.1. The highest BCUT2D eigenvalue weighted by Crippen LogP contribution is 2.47. The minimum atomic E-state index is -1.08. The van der Waals surface area contributed by atoms with Crippen molar-refractivity contribution < 1.29 is 33.7 Å². The van der Waals surface area contributed by atoms with Crippen molar-refractivity contribution in [2.75, 3.05) is 26.4 Å². The van der Waals surface area contributed by atoms with E-state index in [9.17, 15) is 14.0 Å². The monoisotopic (exact) mass is 528 g/mol. The lowest BCUT2D eigenvalue weighted by molar-refractivity contribution is -0.154. The molecule has 8 nitrogen and oxygen atoms in total. The molecule has 9 heteroatoms. The van der Waals surface area contributed by atoms with E-state index in [0.717, 1.165) is 77.0 Å². The van der Waals surface area contributed by atoms with Crippen LogP contribution in [0.5, 0.6) is 0 Å². The second-order valence-corrected chi connectivity index (χ2v) is 10.6. The molecule has 1 aliphatic carbocycles. The first-order valence-electron chi connectivity index (χ1n) is 13.4. The first-order valence-corrected chi connectivity index (χ1v) is 13.4. The number of pyridine rings is 1. The lowest BCUT2D eigenvalue weighted by atomic mass is 9.66. The van der Waals surface area contributed by atoms with Gasteiger partial charge in [0.05, 0.1) is 24.6 Å². The third kappa shape index (κ3) is 7.36. The van der Waals surface area contributed by atoms with Crippen LogP contribution in [0.15, 0.2) is 42.6 Å². The SMILES string of the molecule is Fc1ccc(C2(CCNC3Cc4ccccc4C3)CCOC3(CCOCC3)C2)nc1.O=C(O)CCC(=O)O. The van der Waals surface area contributed by atoms with Gasteiger partial charge in [0.25, 0.3) is 0 Å². The Morgan fingerprint density at radius 1 is 0.974 bits per heavy atom. The van der Waals surface area contributed by atoms with Gasteiger partial charge in [-0.2, -0.15) is 0 Å². The standard InChI is InChI=1S/C25H31FN2O2.C4H6O4/c26-21-5-6-23(28-17-21)24(8-14-30-25(18-24)9-12-29-13-10-25)7-11-27-22-15-19-3-1-2-4-20(19)16-22;5-3(6)1-2-4(7)8/h1-6,17,22,27H,7-16,18H2;1-2H2,(H,5,6)(H,7,8). The van der Waals surface area contributed by atoms with Crippen LogP contribution >= 0.6 is 0 Å². The van der Waals surface area contributed by atoms with Crippen LogP contribution in [0.1, 0.15) is 61.8 Å². The fraction of sp³-hybridized carbons (Fsp3) is 0.552. The van der Waals surface area contributed by atoms with E-state index >= 15 is 0 Å². The number of benzene rings is 1. The average molecular weight is 529 g/mol. The Morgan fingerprint density at radius 3 is 2.21 bits per heavy atom. The number of aliphatic carboxylic acids is 2. The largest absolute Gasteiger partial charge is 0.481 e. The van der Waals surface area contributed by atoms with Gasteiger partial charge in [-0.1, -0.05) is 24.3 Å². The number of rotatable bonds is 8. The van der Waals surface area contributed by atoms with Gasteiger partial charge in [-0.25, -0.2) is 4.39 Å². The number of hydrogen-bond acceptors (Lipinski definition) is 6. The Labute approximate surface area is 222 Å². The van der Waals surface area contributed by atoms with Crippen molar-refractivity contribution in [3.63, 3.8) is 0 Å². The first-order chi connectivity index (χ1) is 18.3. The molecule has 0 amide bonds. The van der Waals surface area contributed by atoms with E-state index in [4.69, 9.17) is 19.7 Å². The van der Waals surface area contributed by atoms with Crippen LogP contribution in [-0.4, -0.2) is 65.1 Å². The van der Waals surface area contributed by atoms with E-state index in [1.807, 2.05) is 6.07 Å². The number of ether oxygens (including phenoxy) is 2. The number of hydrogen-bond donors (Lipinski definition) is 3. The number of nitrogens with zero attached hydrogens (tertiary/aromatic N) is 1. The van der Waals surface area contributed by atoms with Crippen molar-refractivity contribution in [1.82, 2.24) is 10.3 Å². The maximum atomic E-state index is 13.6. The summed E-state index contributed by atoms with van der Waals surface area (Å²) in [5.74, 6) is -2.43. The molecule has 1 spiro atoms. The summed E-state index contributed by atoms with van der Waals surface area (Å²) in [6.07, 6.45) is 7.70. The zero-order valence-corrected chi connectivity index (χ0v) is 21.7. The maximum Gasteiger partial charge on any atom is 0.303 e. The summed E-state index contributed by atoms with van der Waals surface area (Å²) < 4.78 is 25.5. The van der Waals surface area contributed by atoms with Gasteiger partial charge in [-0.05, 0) is 74.8 Å². The molecule has 0 saturated carbocycles. The van der Waals surface area contributed by atoms with Crippen LogP contribution in [0, 0.1) is 5.82 Å². The smallest absolute Gasteiger partial charge is 0.303 e. The predicted molar refractivity (Wildman–Crippen MR) is 139 cm³/mol. The molecule has 1 atom stereocenters. The van der Waals surface area contributed by atoms with Gasteiger partial charge >= 0.3 is 11.9 Å². The molecule has 2 aromatic rings. The highest BCUT2D eigenvalue weighted by molar-refractivity contribution is 5.75. The molecule has 0 radical (unpaired) electrons. The number of halogens is 1. The molecule has 1 aromatic heterocycles. The Hall–Kier alpha value is -2.88. The average Bonchev–Trinajstić information content (AvgIpc) is 3.32. The fourth-order valence-corrected chi connectivity index (χ4v) is 5.97. The summed E-state index contributed by atoms with van der Waals surface area (Å²) >= 11 is 0. The van der Waals surface area contributed by atoms with Crippen molar-refractivity contribution in [1.29, 1.82) is 0 Å². The van der Waals surface area contributed by atoms with Crippen molar-refractivity contribution in [2.24, 2.45) is 0 Å². The number of carboxylic acids is 2. The summed E-state index contributed by atoms with van der Waals surface area (Å²) in [5, 5.41) is 19.6. The van der Waals surface area contributed by atoms with Crippen LogP contribution in [0.25, 0.3) is 0 Å². The van der Waals surface area contributed by atoms with Crippen molar-refractivity contribution >= 4 is 11.9 Å². The van der Waals surface area contributed by atoms with E-state index in [1.165, 1.54) is 17.3 Å². The number of carboxylic acid groups (broad SMARTS) is 2. The zero-order valence-electron chi connectivity index (χ0n) is 21.7. The first kappa shape index (κ1) is 28.1. The molecule has 2 saturated heterocycles. The van der Waals surface area contributed by atoms with Gasteiger partial charge in [-0.3, -0.25) is 14.6 Å². The molecule has 3 N–H and O–H groups in total. The van der Waals surface area contributed by atoms with Gasteiger partial charge in [0.15, 0.2) is 0 Å². The van der Waals surface area contributed by atoms with Gasteiger partial charge in [-0.15, -0.1) is 0 Å². The molecular weight excluding hydrogens is 491 g/mol. The Bertz CT molecular complexity index is 1040. The van der Waals surface area contributed by atoms with Crippen molar-refractivity contribution in [3.8, 4) is 0 Å². The maximum absolute atomic E-state index is 13.6. The third-order valence-electron chi connectivity index (χ3n) is 7.96. The van der Waals surface area contributed by atoms with E-state index in [2.05, 4.69) is 34.6 Å². The highest BCUT2D eigenvalue weighted by Gasteiger charge is 2.48. The minimum Gasteiger partial charge on any atom is -0.481 e. The Morgan fingerprint density at radius 2 is 1.63 bits per heavy atom. The van der Waals surface area contributed by atoms with Gasteiger partial charge < -0.3 is 25.0 Å². The summed E-state index contributed by atoms with van der Waals surface area (Å²) in [7, 11) is 0. The summed E-state index contributed by atoms with van der Waals surface area (Å²) in [4.78, 5) is 23.8. The van der Waals surface area contributed by atoms with Crippen LogP contribution in [-0.2, 0) is 37.3 Å². The number of aromatic nitrogens is 1. The van der Waals surface area contributed by atoms with Crippen LogP contribution in [0.3, 0.4) is 0 Å². The normalized spacial score (nSPS) is 22.3. The van der Waals surface area contributed by atoms with Gasteiger partial charge in [0, 0.05) is 37.0 Å². The Kier molecular flexibility index (Phi) is 9.46. The van der Waals surface area contributed by atoms with Crippen LogP contribution < -0.4 is 5.32 Å². The molecule has 3 aliphatic rings. The van der Waals surface area contributed by atoms with Crippen molar-refractivity contribution in [3.05, 3.63) is 65.2 Å². The lowest BCUT2D eigenvalue weighted by Gasteiger charge is -2.49. The van der Waals surface area contributed by atoms with E-state index < -0.39 is 11.9 Å². The molecule has 0 bridgehead atoms. The topological polar surface area (TPSA) is 118 Å². The molecule has 2 fully saturated rings. The third-order valence-corrected chi connectivity index (χ3v) is 7.96. The van der Waals surface area contributed by atoms with E-state index in [-0.39, 0.29) is 29.7 Å². The molecule has 5 rings (SSSR count). The molecule has 38 heavy (non-hydrogen) atoms. The molecule has 3 heterocycles. The zero-order chi connectivity index (χ0) is 27.0. The minimum absolute atomic E-state index is 0.0816. The number of fused-ring (bicyclic) bond motifs is 1. The van der Waals surface area contributed by atoms with Crippen LogP contribution in [0.4, 0.5) is 4.39 Å². The van der Waals surface area contributed by atoms with Gasteiger partial charge in [0.2, 0.25) is 0 Å². The second-order valence-electron chi connectivity index (χ2n) is 10.6. The predicted octanol–water partition coefficient (Wildman–Crippen LogP) is 3.90. The number of carbonyl (C=O) groups is 2. The van der Waals surface area contributed by atoms with Gasteiger partial charge in [0.1, 0.15) is 5.82 Å². The molecule has 1 aromatic carbocycles. The molecule has 206 valence electrons. The summed E-state index contributed by atoms with van der Waals surface area (Å²) in [6, 6.07) is 12.7. The second kappa shape index (κ2) is 12.8. The Balaban J connectivity index is 0.000000368. The molecule has 1 unspecified atom stereocenters. The number of nitrogens with one attached hydrogen (secondary N) is 1. The summed E-state index contributed by atoms with van der Waals surface area (Å²) in [5.41, 5.74) is 3.74. The molecular formula is C29H37FN2O6. The van der Waals surface area contributed by atoms with E-state index in [1.54, 1.807) is 6.07 Å². The van der Waals surface area contributed by atoms with Crippen molar-refractivity contribution in [2.45, 2.75) is 74.8 Å². The van der Waals surface area contributed by atoms with Crippen LogP contribution in [0.2, 0.25) is 0 Å².